The third kappa shape index (κ3) is 19.8. The summed E-state index contributed by atoms with van der Waals surface area (Å²) in [5.41, 5.74) is 12.7. The van der Waals surface area contributed by atoms with E-state index in [1.807, 2.05) is 88.4 Å². The van der Waals surface area contributed by atoms with Crippen LogP contribution < -0.4 is 0 Å². The Hall–Kier alpha value is -12.2. The normalized spacial score (nSPS) is 21.1. The highest BCUT2D eigenvalue weighted by molar-refractivity contribution is 5.63. The third-order valence-corrected chi connectivity index (χ3v) is 31.7. The number of phenolic OH excluding ortho intramolecular Hbond substituents is 12. The molecule has 7 aliphatic carbocycles. The maximum atomic E-state index is 13.6. The van der Waals surface area contributed by atoms with Crippen LogP contribution in [0.1, 0.15) is 267 Å². The minimum Gasteiger partial charge on any atom is -0.508 e. The number of fused-ring (bicyclic) bond motifs is 9. The molecule has 6 unspecified atom stereocenters. The molecule has 19 rings (SSSR count). The van der Waals surface area contributed by atoms with Gasteiger partial charge in [0.2, 0.25) is 5.41 Å². The smallest absolute Gasteiger partial charge is 0.411 e. The standard InChI is InChI=1S/C24H28O2.C23H30O2.C21H24O2.C21H26O2.C15H10F6O2.C15H16O2/c1-14-10-17(6-8-22(14)25)24(18-7-9-23(26)15(2)11-18)13-16-12-21(24)20-5-3-4-19(16)20;1-15-12-22(4,5)14-23(13-15,18-6-8-20(24)16(2)10-18)19-7-9-21(25)17(3)11-19;1-19(2)11-21(17-9-13(22)5-7-15(17)19)12-20(3,4)16-8-6-14(23)10-18(16)21;1-15-12-20(2,3)14-21(13-15,16-4-8-18(22)9-5-16)17-6-10-19(23)11-7-17;16-14(17,18)13(15(19,20)21,9-1-5-11(22)6-2-9)10-3-7-12(23)8-4-10;1-15(2,11-3-7-13(16)8-4-11)12-5-9-14(17)10-6-12/h6-11,16,19-21,25-26H,3-5,12-13H2,1-2H3;6-11,15,24-25H,12-14H2,1-5H3;5-10,22-23H,11-12H2,1-4H3;4-11,15,22-23H,12-14H2,1-3H3;1-8,22-23H;3-10,16-17H,1-2H3. The zero-order valence-electron chi connectivity index (χ0n) is 81.5. The highest BCUT2D eigenvalue weighted by Crippen LogP contribution is 2.70. The second-order valence-corrected chi connectivity index (χ2v) is 44.2. The van der Waals surface area contributed by atoms with Crippen molar-refractivity contribution in [2.24, 2.45) is 46.3 Å². The Bertz CT molecular complexity index is 5960. The molecule has 0 amide bonds. The molecular weight excluding hydrogens is 1740 g/mol. The molecule has 724 valence electrons. The van der Waals surface area contributed by atoms with Gasteiger partial charge in [-0.2, -0.15) is 26.3 Å². The Labute approximate surface area is 803 Å². The summed E-state index contributed by atoms with van der Waals surface area (Å²) in [4.78, 5) is 0. The van der Waals surface area contributed by atoms with Crippen LogP contribution in [0.3, 0.4) is 0 Å². The van der Waals surface area contributed by atoms with E-state index in [1.165, 1.54) is 101 Å². The van der Waals surface area contributed by atoms with Crippen molar-refractivity contribution >= 4 is 0 Å². The van der Waals surface area contributed by atoms with Crippen LogP contribution in [0.5, 0.6) is 69.0 Å². The number of phenols is 12. The summed E-state index contributed by atoms with van der Waals surface area (Å²) in [6, 6.07) is 71.3. The first kappa shape index (κ1) is 101. The van der Waals surface area contributed by atoms with Gasteiger partial charge >= 0.3 is 12.4 Å². The third-order valence-electron chi connectivity index (χ3n) is 31.7. The second-order valence-electron chi connectivity index (χ2n) is 44.2. The number of benzene rings is 12. The van der Waals surface area contributed by atoms with Crippen LogP contribution >= 0.6 is 0 Å². The Morgan fingerprint density at radius 1 is 0.285 bits per heavy atom. The summed E-state index contributed by atoms with van der Waals surface area (Å²) in [5.74, 6) is 6.89. The number of aryl methyl sites for hydroxylation is 4. The second kappa shape index (κ2) is 37.6. The number of alkyl halides is 6. The number of hydrogen-bond donors (Lipinski definition) is 12. The van der Waals surface area contributed by atoms with Gasteiger partial charge in [-0.3, -0.25) is 0 Å². The molecule has 7 aliphatic rings. The van der Waals surface area contributed by atoms with Gasteiger partial charge in [0, 0.05) is 27.1 Å². The SMILES string of the molecule is CC(C)(c1ccc(O)cc1)c1ccc(O)cc1.CC1(C)CC2(CC(C)(C)c3ccc(O)cc32)c2cc(O)ccc21.CC1CC(C)(C)CC(c2ccc(O)cc2)(c2ccc(O)cc2)C1.Cc1cc(C2(c3ccc(O)c(C)c3)CC(C)CC(C)(C)C2)ccc1O.Cc1cc(C2(c3ccc(O)c(C)c3)CC3CC2C2CCCC32)ccc1O.Oc1ccc(C(c2ccc(O)cc2)(C(F)(F)F)C(F)(F)F)cc1. The van der Waals surface area contributed by atoms with Gasteiger partial charge in [0.1, 0.15) is 69.0 Å². The molecule has 18 heteroatoms. The Morgan fingerprint density at radius 3 is 0.891 bits per heavy atom. The van der Waals surface area contributed by atoms with Crippen LogP contribution in [0.2, 0.25) is 0 Å². The van der Waals surface area contributed by atoms with E-state index in [9.17, 15) is 77.4 Å². The van der Waals surface area contributed by atoms with Crippen LogP contribution in [-0.4, -0.2) is 73.6 Å². The predicted octanol–water partition coefficient (Wildman–Crippen LogP) is 29.2. The fraction of sp³-hybridized carbons (Fsp3) is 0.395. The lowest BCUT2D eigenvalue weighted by Gasteiger charge is -2.49. The molecule has 12 aromatic rings. The molecule has 12 N–H and O–H groups in total. The number of rotatable bonds is 10. The topological polar surface area (TPSA) is 243 Å². The van der Waals surface area contributed by atoms with E-state index in [2.05, 4.69) is 168 Å². The van der Waals surface area contributed by atoms with Gasteiger partial charge in [-0.1, -0.05) is 223 Å². The van der Waals surface area contributed by atoms with Gasteiger partial charge in [-0.25, -0.2) is 0 Å². The molecule has 0 aliphatic heterocycles. The van der Waals surface area contributed by atoms with Crippen LogP contribution in [0, 0.1) is 74.0 Å². The summed E-state index contributed by atoms with van der Waals surface area (Å²) >= 11 is 0. The fourth-order valence-corrected chi connectivity index (χ4v) is 26.3. The van der Waals surface area contributed by atoms with E-state index in [4.69, 9.17) is 10.2 Å². The molecule has 12 aromatic carbocycles. The van der Waals surface area contributed by atoms with Crippen LogP contribution in [0.25, 0.3) is 0 Å². The van der Waals surface area contributed by atoms with E-state index >= 15 is 0 Å². The van der Waals surface area contributed by atoms with Crippen molar-refractivity contribution in [1.82, 2.24) is 0 Å². The minimum absolute atomic E-state index is 0.0348. The van der Waals surface area contributed by atoms with Crippen molar-refractivity contribution in [2.75, 3.05) is 0 Å². The monoisotopic (exact) mass is 1870 g/mol. The number of hydrogen-bond acceptors (Lipinski definition) is 12. The molecule has 0 aromatic heterocycles. The van der Waals surface area contributed by atoms with Gasteiger partial charge in [0.15, 0.2) is 0 Å². The van der Waals surface area contributed by atoms with E-state index in [0.29, 0.717) is 88.0 Å². The molecule has 1 spiro atoms. The Morgan fingerprint density at radius 2 is 0.569 bits per heavy atom. The lowest BCUT2D eigenvalue weighted by atomic mass is 9.55. The van der Waals surface area contributed by atoms with Crippen molar-refractivity contribution < 1.29 is 87.6 Å². The van der Waals surface area contributed by atoms with Crippen LogP contribution in [0.4, 0.5) is 26.3 Å². The lowest BCUT2D eigenvalue weighted by molar-refractivity contribution is -0.288. The number of halogens is 6. The Balaban J connectivity index is 0.000000132. The van der Waals surface area contributed by atoms with Gasteiger partial charge in [-0.15, -0.1) is 0 Å². The van der Waals surface area contributed by atoms with E-state index in [0.717, 1.165) is 114 Å². The molecule has 5 fully saturated rings. The maximum absolute atomic E-state index is 13.6. The molecule has 0 radical (unpaired) electrons. The quantitative estimate of drug-likeness (QED) is 0.0572. The maximum Gasteiger partial charge on any atom is 0.411 e. The van der Waals surface area contributed by atoms with Gasteiger partial charge in [-0.05, 0) is 383 Å². The molecule has 2 bridgehead atoms. The zero-order chi connectivity index (χ0) is 99.7. The first-order valence-corrected chi connectivity index (χ1v) is 47.9. The first-order chi connectivity index (χ1) is 64.1. The molecule has 6 atom stereocenters. The lowest BCUT2D eigenvalue weighted by Crippen LogP contribution is -2.54. The van der Waals surface area contributed by atoms with Gasteiger partial charge in [0.05, 0.1) is 0 Å². The van der Waals surface area contributed by atoms with E-state index in [-0.39, 0.29) is 60.2 Å². The predicted molar refractivity (Wildman–Crippen MR) is 530 cm³/mol. The largest absolute Gasteiger partial charge is 0.508 e. The fourth-order valence-electron chi connectivity index (χ4n) is 26.3. The molecule has 0 saturated heterocycles. The zero-order valence-corrected chi connectivity index (χ0v) is 81.5. The molecule has 12 nitrogen and oxygen atoms in total. The summed E-state index contributed by atoms with van der Waals surface area (Å²) in [6.45, 7) is 35.4. The molecule has 5 saturated carbocycles. The first-order valence-electron chi connectivity index (χ1n) is 47.9. The molecule has 137 heavy (non-hydrogen) atoms. The van der Waals surface area contributed by atoms with Crippen molar-refractivity contribution in [2.45, 2.75) is 250 Å². The average molecular weight is 1870 g/mol. The van der Waals surface area contributed by atoms with E-state index < -0.39 is 40.4 Å². The van der Waals surface area contributed by atoms with Gasteiger partial charge in [0.25, 0.3) is 0 Å². The molecular formula is C119H134F6O12. The van der Waals surface area contributed by atoms with E-state index in [1.54, 1.807) is 60.7 Å². The number of aromatic hydroxyl groups is 12. The van der Waals surface area contributed by atoms with Crippen molar-refractivity contribution in [3.63, 3.8) is 0 Å². The van der Waals surface area contributed by atoms with Crippen LogP contribution in [-0.2, 0) is 43.3 Å². The Kier molecular flexibility index (Phi) is 27.7. The summed E-state index contributed by atoms with van der Waals surface area (Å²) in [7, 11) is 0. The summed E-state index contributed by atoms with van der Waals surface area (Å²) < 4.78 is 81.6. The van der Waals surface area contributed by atoms with Crippen molar-refractivity contribution in [3.8, 4) is 69.0 Å². The highest BCUT2D eigenvalue weighted by Gasteiger charge is 2.73. The van der Waals surface area contributed by atoms with Crippen LogP contribution in [0.15, 0.2) is 255 Å². The summed E-state index contributed by atoms with van der Waals surface area (Å²) in [5, 5.41) is 117. The minimum atomic E-state index is -5.70. The van der Waals surface area contributed by atoms with Crippen molar-refractivity contribution in [1.29, 1.82) is 0 Å². The highest BCUT2D eigenvalue weighted by atomic mass is 19.4. The average Bonchev–Trinajstić information content (AvgIpc) is 1.14. The van der Waals surface area contributed by atoms with Gasteiger partial charge < -0.3 is 61.3 Å². The van der Waals surface area contributed by atoms with Crippen molar-refractivity contribution in [3.05, 3.63) is 355 Å². The molecule has 0 heterocycles. The summed E-state index contributed by atoms with van der Waals surface area (Å²) in [6.07, 6.45) is 4.15.